The monoisotopic (exact) mass is 327 g/mol. The molecule has 0 amide bonds. The first-order valence-electron chi connectivity index (χ1n) is 5.38. The van der Waals surface area contributed by atoms with Gasteiger partial charge in [-0.1, -0.05) is 5.16 Å². The van der Waals surface area contributed by atoms with Crippen LogP contribution in [-0.4, -0.2) is 26.6 Å². The molecule has 0 aliphatic heterocycles. The lowest BCUT2D eigenvalue weighted by Crippen LogP contribution is -2.09. The van der Waals surface area contributed by atoms with E-state index in [2.05, 4.69) is 40.9 Å². The van der Waals surface area contributed by atoms with E-state index in [-0.39, 0.29) is 5.69 Å². The summed E-state index contributed by atoms with van der Waals surface area (Å²) in [5.74, 6) is 1.13. The van der Waals surface area contributed by atoms with Gasteiger partial charge in [-0.2, -0.15) is 4.98 Å². The van der Waals surface area contributed by atoms with Crippen LogP contribution in [0.1, 0.15) is 11.4 Å². The summed E-state index contributed by atoms with van der Waals surface area (Å²) >= 11 is 3.30. The van der Waals surface area contributed by atoms with Gasteiger partial charge in [-0.15, -0.1) is 0 Å². The van der Waals surface area contributed by atoms with Crippen molar-refractivity contribution in [1.29, 1.82) is 0 Å². The van der Waals surface area contributed by atoms with Crippen LogP contribution in [-0.2, 0) is 6.42 Å². The summed E-state index contributed by atoms with van der Waals surface area (Å²) in [6.07, 6.45) is 3.07. The van der Waals surface area contributed by atoms with Crippen LogP contribution in [0, 0.1) is 17.0 Å². The second-order valence-corrected chi connectivity index (χ2v) is 4.51. The van der Waals surface area contributed by atoms with Crippen LogP contribution in [0.3, 0.4) is 0 Å². The lowest BCUT2D eigenvalue weighted by Gasteiger charge is -2.08. The summed E-state index contributed by atoms with van der Waals surface area (Å²) in [5.41, 5.74) is 0.512. The minimum Gasteiger partial charge on any atom is -0.369 e. The third-order valence-electron chi connectivity index (χ3n) is 2.48. The first-order chi connectivity index (χ1) is 9.09. The molecule has 2 aromatic rings. The fourth-order valence-corrected chi connectivity index (χ4v) is 1.92. The molecule has 1 N–H and O–H groups in total. The van der Waals surface area contributed by atoms with Crippen molar-refractivity contribution in [3.63, 3.8) is 0 Å². The molecule has 0 aliphatic carbocycles. The molecule has 0 saturated carbocycles. The Morgan fingerprint density at radius 3 is 2.95 bits per heavy atom. The lowest BCUT2D eigenvalue weighted by molar-refractivity contribution is -0.385. The molecule has 2 rings (SSSR count). The van der Waals surface area contributed by atoms with Crippen LogP contribution < -0.4 is 5.32 Å². The highest BCUT2D eigenvalue weighted by molar-refractivity contribution is 9.10. The van der Waals surface area contributed by atoms with Crippen molar-refractivity contribution in [2.45, 2.75) is 13.3 Å². The normalized spacial score (nSPS) is 10.4. The zero-order valence-electron chi connectivity index (χ0n) is 9.96. The Morgan fingerprint density at radius 1 is 1.53 bits per heavy atom. The third-order valence-corrected chi connectivity index (χ3v) is 3.45. The third kappa shape index (κ3) is 3.05. The number of pyridine rings is 1. The summed E-state index contributed by atoms with van der Waals surface area (Å²) in [5, 5.41) is 17.5. The minimum absolute atomic E-state index is 0.0180. The van der Waals surface area contributed by atoms with Gasteiger partial charge in [0.25, 0.3) is 5.69 Å². The molecule has 0 saturated heterocycles. The number of hydrogen-bond donors (Lipinski definition) is 1. The highest BCUT2D eigenvalue weighted by Crippen LogP contribution is 2.30. The van der Waals surface area contributed by atoms with E-state index >= 15 is 0 Å². The largest absolute Gasteiger partial charge is 0.369 e. The quantitative estimate of drug-likeness (QED) is 0.661. The highest BCUT2D eigenvalue weighted by Gasteiger charge is 2.16. The van der Waals surface area contributed by atoms with Crippen LogP contribution in [0.5, 0.6) is 0 Å². The maximum absolute atomic E-state index is 10.8. The lowest BCUT2D eigenvalue weighted by atomic mass is 10.2. The van der Waals surface area contributed by atoms with E-state index in [0.717, 1.165) is 0 Å². The molecule has 0 aliphatic rings. The van der Waals surface area contributed by atoms with Crippen LogP contribution in [0.15, 0.2) is 21.6 Å². The molecular formula is C10H10BrN5O3. The number of nitro groups is 1. The van der Waals surface area contributed by atoms with Gasteiger partial charge >= 0.3 is 0 Å². The smallest absolute Gasteiger partial charge is 0.291 e. The molecule has 0 fully saturated rings. The van der Waals surface area contributed by atoms with Crippen LogP contribution in [0.2, 0.25) is 0 Å². The van der Waals surface area contributed by atoms with E-state index in [1.165, 1.54) is 12.6 Å². The number of nitrogens with one attached hydrogen (secondary N) is 1. The Hall–Kier alpha value is -2.03. The summed E-state index contributed by atoms with van der Waals surface area (Å²) in [7, 11) is 0. The Bertz CT molecular complexity index is 587. The Balaban J connectivity index is 2.05. The van der Waals surface area contributed by atoms with Gasteiger partial charge in [-0.25, -0.2) is 4.98 Å². The number of hydrogen-bond acceptors (Lipinski definition) is 7. The van der Waals surface area contributed by atoms with Crippen molar-refractivity contribution < 1.29 is 9.45 Å². The second kappa shape index (κ2) is 5.74. The topological polar surface area (TPSA) is 107 Å². The van der Waals surface area contributed by atoms with E-state index in [0.29, 0.717) is 34.6 Å². The van der Waals surface area contributed by atoms with Crippen LogP contribution in [0.4, 0.5) is 11.5 Å². The summed E-state index contributed by atoms with van der Waals surface area (Å²) in [6.45, 7) is 2.21. The first-order valence-corrected chi connectivity index (χ1v) is 6.17. The van der Waals surface area contributed by atoms with Crippen molar-refractivity contribution in [2.75, 3.05) is 11.9 Å². The van der Waals surface area contributed by atoms with Crippen molar-refractivity contribution in [3.8, 4) is 0 Å². The first kappa shape index (κ1) is 13.4. The molecule has 0 unspecified atom stereocenters. The standard InChI is InChI=1S/C10H10BrN5O3/c1-6-7(16(17)18)4-13-10(9(6)11)12-3-2-8-14-5-19-15-8/h4-5H,2-3H2,1H3,(H,12,13). The maximum Gasteiger partial charge on any atom is 0.291 e. The Kier molecular flexibility index (Phi) is 4.05. The molecule has 8 nitrogen and oxygen atoms in total. The molecule has 19 heavy (non-hydrogen) atoms. The molecule has 9 heteroatoms. The molecule has 2 heterocycles. The van der Waals surface area contributed by atoms with Gasteiger partial charge in [-0.05, 0) is 22.9 Å². The van der Waals surface area contributed by atoms with Gasteiger partial charge in [0.15, 0.2) is 5.82 Å². The van der Waals surface area contributed by atoms with E-state index in [9.17, 15) is 10.1 Å². The van der Waals surface area contributed by atoms with Gasteiger partial charge in [0.05, 0.1) is 9.40 Å². The van der Waals surface area contributed by atoms with Gasteiger partial charge in [0.2, 0.25) is 6.39 Å². The molecule has 100 valence electrons. The van der Waals surface area contributed by atoms with E-state index in [4.69, 9.17) is 0 Å². The summed E-state index contributed by atoms with van der Waals surface area (Å²) < 4.78 is 5.19. The fourth-order valence-electron chi connectivity index (χ4n) is 1.47. The minimum atomic E-state index is -0.462. The fraction of sp³-hybridized carbons (Fsp3) is 0.300. The van der Waals surface area contributed by atoms with E-state index in [1.54, 1.807) is 6.92 Å². The zero-order chi connectivity index (χ0) is 13.8. The van der Waals surface area contributed by atoms with Crippen molar-refractivity contribution in [2.24, 2.45) is 0 Å². The molecular weight excluding hydrogens is 318 g/mol. The zero-order valence-corrected chi connectivity index (χ0v) is 11.5. The Labute approximate surface area is 116 Å². The number of anilines is 1. The van der Waals surface area contributed by atoms with Crippen molar-refractivity contribution in [3.05, 3.63) is 38.6 Å². The molecule has 0 bridgehead atoms. The van der Waals surface area contributed by atoms with Gasteiger partial charge in [-0.3, -0.25) is 10.1 Å². The van der Waals surface area contributed by atoms with Crippen molar-refractivity contribution >= 4 is 27.4 Å². The average molecular weight is 328 g/mol. The average Bonchev–Trinajstić information content (AvgIpc) is 2.87. The summed E-state index contributed by atoms with van der Waals surface area (Å²) in [6, 6.07) is 0. The molecule has 0 spiro atoms. The van der Waals surface area contributed by atoms with E-state index < -0.39 is 4.92 Å². The Morgan fingerprint density at radius 2 is 2.32 bits per heavy atom. The van der Waals surface area contributed by atoms with Crippen LogP contribution >= 0.6 is 15.9 Å². The SMILES string of the molecule is Cc1c([N+](=O)[O-])cnc(NCCc2ncon2)c1Br. The second-order valence-electron chi connectivity index (χ2n) is 3.71. The van der Waals surface area contributed by atoms with Gasteiger partial charge in [0, 0.05) is 18.5 Å². The van der Waals surface area contributed by atoms with E-state index in [1.807, 2.05) is 0 Å². The highest BCUT2D eigenvalue weighted by atomic mass is 79.9. The summed E-state index contributed by atoms with van der Waals surface area (Å²) in [4.78, 5) is 18.2. The van der Waals surface area contributed by atoms with Gasteiger partial charge in [0.1, 0.15) is 12.0 Å². The predicted molar refractivity (Wildman–Crippen MR) is 69.8 cm³/mol. The maximum atomic E-state index is 10.8. The number of rotatable bonds is 5. The van der Waals surface area contributed by atoms with Crippen molar-refractivity contribution in [1.82, 2.24) is 15.1 Å². The molecule has 0 aromatic carbocycles. The number of halogens is 1. The molecule has 0 atom stereocenters. The number of nitrogens with zero attached hydrogens (tertiary/aromatic N) is 4. The predicted octanol–water partition coefficient (Wildman–Crippen LogP) is 2.10. The molecule has 0 radical (unpaired) electrons. The van der Waals surface area contributed by atoms with Gasteiger partial charge < -0.3 is 9.84 Å². The van der Waals surface area contributed by atoms with Crippen LogP contribution in [0.25, 0.3) is 0 Å². The number of aromatic nitrogens is 3. The molecule has 2 aromatic heterocycles.